The van der Waals surface area contributed by atoms with Gasteiger partial charge >= 0.3 is 0 Å². The van der Waals surface area contributed by atoms with Crippen molar-refractivity contribution in [2.75, 3.05) is 50.6 Å². The van der Waals surface area contributed by atoms with Gasteiger partial charge in [-0.1, -0.05) is 19.1 Å². The van der Waals surface area contributed by atoms with Crippen LogP contribution in [0.4, 0.5) is 17.8 Å². The molecular weight excluding hydrogens is 380 g/mol. The van der Waals surface area contributed by atoms with Gasteiger partial charge in [0.2, 0.25) is 17.8 Å². The maximum Gasteiger partial charge on any atom is 0.234 e. The molecule has 2 aromatic heterocycles. The van der Waals surface area contributed by atoms with E-state index in [4.69, 9.17) is 4.74 Å². The van der Waals surface area contributed by atoms with Gasteiger partial charge in [-0.25, -0.2) is 9.97 Å². The molecule has 9 heteroatoms. The van der Waals surface area contributed by atoms with Crippen LogP contribution in [0.1, 0.15) is 12.7 Å². The van der Waals surface area contributed by atoms with Crippen LogP contribution in [-0.4, -0.2) is 70.2 Å². The van der Waals surface area contributed by atoms with Crippen LogP contribution in [0.3, 0.4) is 0 Å². The van der Waals surface area contributed by atoms with E-state index in [1.165, 1.54) is 0 Å². The highest BCUT2D eigenvalue weighted by Gasteiger charge is 2.18. The average molecular weight is 406 g/mol. The molecule has 0 bridgehead atoms. The van der Waals surface area contributed by atoms with Crippen molar-refractivity contribution >= 4 is 17.8 Å². The molecule has 0 saturated carbocycles. The lowest BCUT2D eigenvalue weighted by Crippen LogP contribution is -2.45. The van der Waals surface area contributed by atoms with Gasteiger partial charge in [-0.05, 0) is 24.7 Å². The predicted molar refractivity (Wildman–Crippen MR) is 116 cm³/mol. The number of aryl methyl sites for hydroxylation is 1. The van der Waals surface area contributed by atoms with Crippen LogP contribution in [0, 0.1) is 0 Å². The highest BCUT2D eigenvalue weighted by Crippen LogP contribution is 2.22. The quantitative estimate of drug-likeness (QED) is 0.662. The predicted octanol–water partition coefficient (Wildman–Crippen LogP) is 2.39. The lowest BCUT2D eigenvalue weighted by atomic mass is 10.1. The van der Waals surface area contributed by atoms with Crippen molar-refractivity contribution in [3.63, 3.8) is 0 Å². The summed E-state index contributed by atoms with van der Waals surface area (Å²) in [6.07, 6.45) is 4.29. The maximum atomic E-state index is 5.20. The standard InChI is InChI=1S/C21H26N8O/c1-4-18-24-20(27-21(25-18)29-11-9-28(2)10-12-29)26-19-22-13-16(14-23-19)15-5-7-17(30-3)8-6-15/h5-8,13-14H,4,9-12H2,1-3H3,(H,22,23,24,25,26,27). The van der Waals surface area contributed by atoms with Gasteiger partial charge in [0.05, 0.1) is 7.11 Å². The first kappa shape index (κ1) is 20.0. The van der Waals surface area contributed by atoms with Crippen molar-refractivity contribution in [1.82, 2.24) is 29.8 Å². The molecule has 3 aromatic rings. The smallest absolute Gasteiger partial charge is 0.234 e. The molecule has 1 aromatic carbocycles. The molecule has 4 rings (SSSR count). The maximum absolute atomic E-state index is 5.20. The number of hydrogen-bond acceptors (Lipinski definition) is 9. The summed E-state index contributed by atoms with van der Waals surface area (Å²) < 4.78 is 5.20. The number of anilines is 3. The normalized spacial score (nSPS) is 14.6. The summed E-state index contributed by atoms with van der Waals surface area (Å²) in [5.41, 5.74) is 1.94. The highest BCUT2D eigenvalue weighted by molar-refractivity contribution is 5.63. The Labute approximate surface area is 176 Å². The molecule has 1 aliphatic heterocycles. The van der Waals surface area contributed by atoms with E-state index in [9.17, 15) is 0 Å². The molecule has 1 saturated heterocycles. The van der Waals surface area contributed by atoms with E-state index in [0.29, 0.717) is 17.8 Å². The number of hydrogen-bond donors (Lipinski definition) is 1. The Morgan fingerprint density at radius 1 is 0.900 bits per heavy atom. The fourth-order valence-corrected chi connectivity index (χ4v) is 3.19. The van der Waals surface area contributed by atoms with E-state index < -0.39 is 0 Å². The highest BCUT2D eigenvalue weighted by atomic mass is 16.5. The van der Waals surface area contributed by atoms with Crippen molar-refractivity contribution < 1.29 is 4.74 Å². The summed E-state index contributed by atoms with van der Waals surface area (Å²) in [6, 6.07) is 7.79. The van der Waals surface area contributed by atoms with E-state index in [1.54, 1.807) is 19.5 Å². The summed E-state index contributed by atoms with van der Waals surface area (Å²) in [6.45, 7) is 5.82. The number of likely N-dealkylation sites (N-methyl/N-ethyl adjacent to an activating group) is 1. The molecule has 156 valence electrons. The first-order valence-corrected chi connectivity index (χ1v) is 10.1. The van der Waals surface area contributed by atoms with Gasteiger partial charge in [0.25, 0.3) is 0 Å². The third-order valence-electron chi connectivity index (χ3n) is 5.07. The number of benzene rings is 1. The molecule has 0 atom stereocenters. The Morgan fingerprint density at radius 2 is 1.60 bits per heavy atom. The Hall–Kier alpha value is -3.33. The van der Waals surface area contributed by atoms with Crippen LogP contribution < -0.4 is 15.0 Å². The summed E-state index contributed by atoms with van der Waals surface area (Å²) >= 11 is 0. The van der Waals surface area contributed by atoms with E-state index >= 15 is 0 Å². The SMILES string of the molecule is CCc1nc(Nc2ncc(-c3ccc(OC)cc3)cn2)nc(N2CCN(C)CC2)n1. The van der Waals surface area contributed by atoms with Crippen LogP contribution in [0.25, 0.3) is 11.1 Å². The molecular formula is C21H26N8O. The molecule has 3 heterocycles. The Morgan fingerprint density at radius 3 is 2.23 bits per heavy atom. The molecule has 1 fully saturated rings. The molecule has 0 aliphatic carbocycles. The zero-order chi connectivity index (χ0) is 20.9. The van der Waals surface area contributed by atoms with Crippen molar-refractivity contribution in [2.45, 2.75) is 13.3 Å². The largest absolute Gasteiger partial charge is 0.497 e. The van der Waals surface area contributed by atoms with Crippen molar-refractivity contribution in [1.29, 1.82) is 0 Å². The number of nitrogens with zero attached hydrogens (tertiary/aromatic N) is 7. The second kappa shape index (κ2) is 9.00. The molecule has 0 unspecified atom stereocenters. The topological polar surface area (TPSA) is 92.2 Å². The molecule has 9 nitrogen and oxygen atoms in total. The van der Waals surface area contributed by atoms with Gasteiger partial charge in [-0.15, -0.1) is 0 Å². The van der Waals surface area contributed by atoms with Crippen LogP contribution in [0.5, 0.6) is 5.75 Å². The summed E-state index contributed by atoms with van der Waals surface area (Å²) in [7, 11) is 3.78. The minimum Gasteiger partial charge on any atom is -0.497 e. The fraction of sp³-hybridized carbons (Fsp3) is 0.381. The van der Waals surface area contributed by atoms with E-state index in [1.807, 2.05) is 31.2 Å². The van der Waals surface area contributed by atoms with Gasteiger partial charge in [0, 0.05) is 50.6 Å². The summed E-state index contributed by atoms with van der Waals surface area (Å²) in [5, 5.41) is 3.12. The van der Waals surface area contributed by atoms with Gasteiger partial charge in [-0.2, -0.15) is 15.0 Å². The van der Waals surface area contributed by atoms with E-state index in [0.717, 1.165) is 55.3 Å². The second-order valence-corrected chi connectivity index (χ2v) is 7.17. The zero-order valence-electron chi connectivity index (χ0n) is 17.5. The molecule has 30 heavy (non-hydrogen) atoms. The Bertz CT molecular complexity index is 969. The monoisotopic (exact) mass is 406 g/mol. The zero-order valence-corrected chi connectivity index (χ0v) is 17.5. The molecule has 0 amide bonds. The summed E-state index contributed by atoms with van der Waals surface area (Å²) in [5.74, 6) is 3.18. The minimum atomic E-state index is 0.449. The van der Waals surface area contributed by atoms with Crippen LogP contribution in [0.2, 0.25) is 0 Å². The third kappa shape index (κ3) is 4.62. The number of nitrogens with one attached hydrogen (secondary N) is 1. The second-order valence-electron chi connectivity index (χ2n) is 7.17. The van der Waals surface area contributed by atoms with Crippen LogP contribution in [-0.2, 0) is 6.42 Å². The first-order chi connectivity index (χ1) is 14.6. The Balaban J connectivity index is 1.51. The van der Waals surface area contributed by atoms with Crippen molar-refractivity contribution in [3.8, 4) is 16.9 Å². The van der Waals surface area contributed by atoms with Gasteiger partial charge in [0.1, 0.15) is 11.6 Å². The number of methoxy groups -OCH3 is 1. The molecule has 0 radical (unpaired) electrons. The lowest BCUT2D eigenvalue weighted by molar-refractivity contribution is 0.311. The van der Waals surface area contributed by atoms with Gasteiger partial charge in [-0.3, -0.25) is 5.32 Å². The summed E-state index contributed by atoms with van der Waals surface area (Å²) in [4.78, 5) is 27.1. The van der Waals surface area contributed by atoms with E-state index in [-0.39, 0.29) is 0 Å². The van der Waals surface area contributed by atoms with Crippen molar-refractivity contribution in [2.24, 2.45) is 0 Å². The van der Waals surface area contributed by atoms with Gasteiger partial charge < -0.3 is 14.5 Å². The van der Waals surface area contributed by atoms with Crippen LogP contribution >= 0.6 is 0 Å². The minimum absolute atomic E-state index is 0.449. The number of ether oxygens (including phenoxy) is 1. The molecule has 1 aliphatic rings. The number of rotatable bonds is 6. The number of piperazine rings is 1. The van der Waals surface area contributed by atoms with E-state index in [2.05, 4.69) is 47.1 Å². The Kier molecular flexibility index (Phi) is 5.99. The lowest BCUT2D eigenvalue weighted by Gasteiger charge is -2.32. The average Bonchev–Trinajstić information content (AvgIpc) is 2.80. The molecule has 1 N–H and O–H groups in total. The number of aromatic nitrogens is 5. The van der Waals surface area contributed by atoms with Crippen LogP contribution in [0.15, 0.2) is 36.7 Å². The first-order valence-electron chi connectivity index (χ1n) is 10.1. The third-order valence-corrected chi connectivity index (χ3v) is 5.07. The fourth-order valence-electron chi connectivity index (χ4n) is 3.19. The van der Waals surface area contributed by atoms with Gasteiger partial charge in [0.15, 0.2) is 0 Å². The molecule has 0 spiro atoms. The van der Waals surface area contributed by atoms with Crippen molar-refractivity contribution in [3.05, 3.63) is 42.5 Å².